The quantitative estimate of drug-likeness (QED) is 0.837. The Morgan fingerprint density at radius 1 is 1.25 bits per heavy atom. The maximum atomic E-state index is 11.8. The molecule has 0 radical (unpaired) electrons. The van der Waals surface area contributed by atoms with Crippen molar-refractivity contribution in [1.82, 2.24) is 0 Å². The highest BCUT2D eigenvalue weighted by Gasteiger charge is 2.16. The Balaban J connectivity index is 2.07. The molecule has 1 aromatic rings. The summed E-state index contributed by atoms with van der Waals surface area (Å²) in [4.78, 5) is 11.8. The van der Waals surface area contributed by atoms with Crippen LogP contribution in [0.2, 0.25) is 0 Å². The third-order valence-corrected chi connectivity index (χ3v) is 3.94. The number of anilines is 1. The number of nitrogens with one attached hydrogen (secondary N) is 1. The van der Waals surface area contributed by atoms with Gasteiger partial charge in [-0.3, -0.25) is 0 Å². The van der Waals surface area contributed by atoms with Crippen LogP contribution >= 0.6 is 0 Å². The molecule has 2 rings (SSSR count). The van der Waals surface area contributed by atoms with Gasteiger partial charge in [0.2, 0.25) is 0 Å². The first-order chi connectivity index (χ1) is 9.74. The molecule has 4 nitrogen and oxygen atoms in total. The molecular formula is C16H23NO3. The average Bonchev–Trinajstić information content (AvgIpc) is 2.53. The molecule has 4 heteroatoms. The second kappa shape index (κ2) is 7.17. The Labute approximate surface area is 120 Å². The van der Waals surface area contributed by atoms with Crippen LogP contribution in [0.25, 0.3) is 0 Å². The molecule has 1 aliphatic carbocycles. The SMILES string of the molecule is COC(=O)c1cc(OC)ccc1NCC1CCCCC1. The fourth-order valence-corrected chi connectivity index (χ4v) is 2.73. The molecule has 0 saturated heterocycles. The van der Waals surface area contributed by atoms with Crippen molar-refractivity contribution in [3.8, 4) is 5.75 Å². The summed E-state index contributed by atoms with van der Waals surface area (Å²) in [5.41, 5.74) is 1.35. The summed E-state index contributed by atoms with van der Waals surface area (Å²) in [6.45, 7) is 0.913. The Hall–Kier alpha value is -1.71. The molecule has 0 atom stereocenters. The summed E-state index contributed by atoms with van der Waals surface area (Å²) < 4.78 is 10.00. The Morgan fingerprint density at radius 2 is 2.00 bits per heavy atom. The third-order valence-electron chi connectivity index (χ3n) is 3.94. The van der Waals surface area contributed by atoms with Crippen LogP contribution in [0.5, 0.6) is 5.75 Å². The molecule has 1 fully saturated rings. The first-order valence-electron chi connectivity index (χ1n) is 7.25. The molecule has 110 valence electrons. The van der Waals surface area contributed by atoms with E-state index in [9.17, 15) is 4.79 Å². The van der Waals surface area contributed by atoms with Gasteiger partial charge in [-0.25, -0.2) is 4.79 Å². The van der Waals surface area contributed by atoms with Gasteiger partial charge in [0.05, 0.1) is 19.8 Å². The monoisotopic (exact) mass is 277 g/mol. The van der Waals surface area contributed by atoms with Gasteiger partial charge >= 0.3 is 5.97 Å². The molecule has 1 N–H and O–H groups in total. The van der Waals surface area contributed by atoms with E-state index in [-0.39, 0.29) is 5.97 Å². The van der Waals surface area contributed by atoms with E-state index in [1.807, 2.05) is 12.1 Å². The molecule has 0 spiro atoms. The van der Waals surface area contributed by atoms with Gasteiger partial charge in [0.15, 0.2) is 0 Å². The lowest BCUT2D eigenvalue weighted by Gasteiger charge is -2.23. The van der Waals surface area contributed by atoms with Crippen LogP contribution in [0.3, 0.4) is 0 Å². The molecule has 0 aliphatic heterocycles. The summed E-state index contributed by atoms with van der Waals surface area (Å²) in [5, 5.41) is 3.39. The minimum atomic E-state index is -0.338. The van der Waals surface area contributed by atoms with E-state index in [1.54, 1.807) is 13.2 Å². The van der Waals surface area contributed by atoms with E-state index in [0.29, 0.717) is 17.2 Å². The van der Waals surface area contributed by atoms with Crippen LogP contribution in [0.4, 0.5) is 5.69 Å². The first-order valence-corrected chi connectivity index (χ1v) is 7.25. The van der Waals surface area contributed by atoms with Crippen LogP contribution < -0.4 is 10.1 Å². The topological polar surface area (TPSA) is 47.6 Å². The second-order valence-electron chi connectivity index (χ2n) is 5.29. The minimum absolute atomic E-state index is 0.338. The van der Waals surface area contributed by atoms with E-state index in [1.165, 1.54) is 39.2 Å². The number of esters is 1. The van der Waals surface area contributed by atoms with Gasteiger partial charge in [0.1, 0.15) is 5.75 Å². The van der Waals surface area contributed by atoms with Crippen LogP contribution in [0.1, 0.15) is 42.5 Å². The highest BCUT2D eigenvalue weighted by atomic mass is 16.5. The predicted octanol–water partition coefficient (Wildman–Crippen LogP) is 3.47. The lowest BCUT2D eigenvalue weighted by molar-refractivity contribution is 0.0601. The minimum Gasteiger partial charge on any atom is -0.497 e. The fraction of sp³-hybridized carbons (Fsp3) is 0.562. The smallest absolute Gasteiger partial charge is 0.340 e. The summed E-state index contributed by atoms with van der Waals surface area (Å²) in [6, 6.07) is 5.46. The Kier molecular flexibility index (Phi) is 5.27. The number of benzene rings is 1. The van der Waals surface area contributed by atoms with Gasteiger partial charge < -0.3 is 14.8 Å². The largest absolute Gasteiger partial charge is 0.497 e. The molecule has 1 saturated carbocycles. The van der Waals surface area contributed by atoms with Gasteiger partial charge in [-0.1, -0.05) is 19.3 Å². The number of ether oxygens (including phenoxy) is 2. The molecule has 0 unspecified atom stereocenters. The van der Waals surface area contributed by atoms with Crippen molar-refractivity contribution < 1.29 is 14.3 Å². The summed E-state index contributed by atoms with van der Waals surface area (Å²) in [5.74, 6) is 1.03. The predicted molar refractivity (Wildman–Crippen MR) is 79.4 cm³/mol. The fourth-order valence-electron chi connectivity index (χ4n) is 2.73. The van der Waals surface area contributed by atoms with Crippen molar-refractivity contribution in [3.63, 3.8) is 0 Å². The Bertz CT molecular complexity index is 453. The van der Waals surface area contributed by atoms with Gasteiger partial charge in [-0.2, -0.15) is 0 Å². The maximum Gasteiger partial charge on any atom is 0.340 e. The standard InChI is InChI=1S/C16H23NO3/c1-19-13-8-9-15(14(10-13)16(18)20-2)17-11-12-6-4-3-5-7-12/h8-10,12,17H,3-7,11H2,1-2H3. The van der Waals surface area contributed by atoms with Crippen LogP contribution in [0, 0.1) is 5.92 Å². The van der Waals surface area contributed by atoms with E-state index in [4.69, 9.17) is 9.47 Å². The van der Waals surface area contributed by atoms with Crippen molar-refractivity contribution in [2.24, 2.45) is 5.92 Å². The molecule has 0 bridgehead atoms. The highest BCUT2D eigenvalue weighted by Crippen LogP contribution is 2.26. The van der Waals surface area contributed by atoms with Crippen molar-refractivity contribution in [1.29, 1.82) is 0 Å². The lowest BCUT2D eigenvalue weighted by atomic mass is 9.89. The number of methoxy groups -OCH3 is 2. The molecule has 0 amide bonds. The van der Waals surface area contributed by atoms with E-state index in [2.05, 4.69) is 5.32 Å². The third kappa shape index (κ3) is 3.65. The van der Waals surface area contributed by atoms with Crippen LogP contribution in [0.15, 0.2) is 18.2 Å². The van der Waals surface area contributed by atoms with Gasteiger partial charge in [-0.15, -0.1) is 0 Å². The zero-order chi connectivity index (χ0) is 14.4. The maximum absolute atomic E-state index is 11.8. The first kappa shape index (κ1) is 14.7. The zero-order valence-corrected chi connectivity index (χ0v) is 12.3. The van der Waals surface area contributed by atoms with Crippen molar-refractivity contribution in [2.45, 2.75) is 32.1 Å². The van der Waals surface area contributed by atoms with Crippen LogP contribution in [-0.2, 0) is 4.74 Å². The molecule has 0 heterocycles. The summed E-state index contributed by atoms with van der Waals surface area (Å²) in [6.07, 6.45) is 6.54. The van der Waals surface area contributed by atoms with Crippen molar-refractivity contribution in [2.75, 3.05) is 26.1 Å². The van der Waals surface area contributed by atoms with Crippen LogP contribution in [-0.4, -0.2) is 26.7 Å². The summed E-state index contributed by atoms with van der Waals surface area (Å²) in [7, 11) is 2.98. The normalized spacial score (nSPS) is 15.7. The average molecular weight is 277 g/mol. The highest BCUT2D eigenvalue weighted by molar-refractivity contribution is 5.96. The molecule has 1 aliphatic rings. The molecular weight excluding hydrogens is 254 g/mol. The second-order valence-corrected chi connectivity index (χ2v) is 5.29. The van der Waals surface area contributed by atoms with Crippen molar-refractivity contribution in [3.05, 3.63) is 23.8 Å². The number of rotatable bonds is 5. The molecule has 20 heavy (non-hydrogen) atoms. The van der Waals surface area contributed by atoms with Gasteiger partial charge in [0.25, 0.3) is 0 Å². The number of carbonyl (C=O) groups excluding carboxylic acids is 1. The summed E-state index contributed by atoms with van der Waals surface area (Å²) >= 11 is 0. The van der Waals surface area contributed by atoms with E-state index >= 15 is 0 Å². The van der Waals surface area contributed by atoms with E-state index in [0.717, 1.165) is 12.2 Å². The number of hydrogen-bond donors (Lipinski definition) is 1. The van der Waals surface area contributed by atoms with Gasteiger partial charge in [-0.05, 0) is 37.0 Å². The molecule has 1 aromatic carbocycles. The Morgan fingerprint density at radius 3 is 2.65 bits per heavy atom. The zero-order valence-electron chi connectivity index (χ0n) is 12.3. The number of hydrogen-bond acceptors (Lipinski definition) is 4. The number of carbonyl (C=O) groups is 1. The lowest BCUT2D eigenvalue weighted by Crippen LogP contribution is -2.18. The van der Waals surface area contributed by atoms with E-state index < -0.39 is 0 Å². The van der Waals surface area contributed by atoms with Crippen molar-refractivity contribution >= 4 is 11.7 Å². The molecule has 0 aromatic heterocycles. The van der Waals surface area contributed by atoms with Gasteiger partial charge in [0, 0.05) is 12.2 Å².